The van der Waals surface area contributed by atoms with Crippen LogP contribution in [0.25, 0.3) is 10.2 Å². The number of carbonyl (C=O) groups is 3. The van der Waals surface area contributed by atoms with Gasteiger partial charge in [0.1, 0.15) is 6.61 Å². The number of rotatable bonds is 6. The Bertz CT molecular complexity index is 1170. The lowest BCUT2D eigenvalue weighted by molar-refractivity contribution is -0.139. The summed E-state index contributed by atoms with van der Waals surface area (Å²) in [6, 6.07) is 12.9. The van der Waals surface area contributed by atoms with Crippen LogP contribution in [-0.2, 0) is 14.3 Å². The Kier molecular flexibility index (Phi) is 5.94. The lowest BCUT2D eigenvalue weighted by Gasteiger charge is -2.29. The third kappa shape index (κ3) is 4.41. The molecule has 2 N–H and O–H groups in total. The minimum Gasteiger partial charge on any atom is -0.463 e. The molecule has 0 saturated heterocycles. The van der Waals surface area contributed by atoms with Crippen molar-refractivity contribution in [2.24, 2.45) is 0 Å². The molecule has 1 aliphatic rings. The third-order valence-electron chi connectivity index (χ3n) is 4.70. The SMILES string of the molecule is CCOC(=O)C1=C(COC(=O)c2ccc3ncsc3c2)NC(=O)N[C@H]1c1ccccc1. The fourth-order valence-corrected chi connectivity index (χ4v) is 4.00. The number of aromatic nitrogens is 1. The van der Waals surface area contributed by atoms with E-state index in [9.17, 15) is 14.4 Å². The number of amides is 2. The molecule has 3 aromatic rings. The minimum atomic E-state index is -0.726. The van der Waals surface area contributed by atoms with Gasteiger partial charge in [-0.2, -0.15) is 0 Å². The van der Waals surface area contributed by atoms with Crippen molar-refractivity contribution in [2.75, 3.05) is 13.2 Å². The van der Waals surface area contributed by atoms with Crippen LogP contribution in [0.3, 0.4) is 0 Å². The van der Waals surface area contributed by atoms with Crippen molar-refractivity contribution < 1.29 is 23.9 Å². The molecule has 158 valence electrons. The first-order chi connectivity index (χ1) is 15.1. The van der Waals surface area contributed by atoms with Gasteiger partial charge in [0, 0.05) is 0 Å². The van der Waals surface area contributed by atoms with E-state index < -0.39 is 24.0 Å². The number of nitrogens with one attached hydrogen (secondary N) is 2. The fourth-order valence-electron chi connectivity index (χ4n) is 3.28. The van der Waals surface area contributed by atoms with Crippen molar-refractivity contribution in [3.63, 3.8) is 0 Å². The maximum absolute atomic E-state index is 12.7. The summed E-state index contributed by atoms with van der Waals surface area (Å²) >= 11 is 1.42. The molecule has 0 bridgehead atoms. The quantitative estimate of drug-likeness (QED) is 0.573. The molecule has 0 aliphatic carbocycles. The van der Waals surface area contributed by atoms with Crippen LogP contribution in [0.4, 0.5) is 4.79 Å². The highest BCUT2D eigenvalue weighted by atomic mass is 32.1. The average molecular weight is 437 g/mol. The number of hydrogen-bond acceptors (Lipinski definition) is 7. The smallest absolute Gasteiger partial charge is 0.338 e. The topological polar surface area (TPSA) is 107 Å². The number of carbonyl (C=O) groups excluding carboxylic acids is 3. The summed E-state index contributed by atoms with van der Waals surface area (Å²) in [5.74, 6) is -1.17. The van der Waals surface area contributed by atoms with Crippen LogP contribution < -0.4 is 10.6 Å². The van der Waals surface area contributed by atoms with Crippen molar-refractivity contribution in [2.45, 2.75) is 13.0 Å². The highest BCUT2D eigenvalue weighted by Gasteiger charge is 2.34. The Hall–Kier alpha value is -3.72. The molecule has 1 aliphatic heterocycles. The molecule has 1 atom stereocenters. The Balaban J connectivity index is 1.62. The van der Waals surface area contributed by atoms with Gasteiger partial charge in [0.2, 0.25) is 0 Å². The monoisotopic (exact) mass is 437 g/mol. The minimum absolute atomic E-state index is 0.166. The van der Waals surface area contributed by atoms with Gasteiger partial charge in [0.15, 0.2) is 0 Å². The normalized spacial score (nSPS) is 15.9. The summed E-state index contributed by atoms with van der Waals surface area (Å²) in [4.78, 5) is 41.7. The molecule has 0 saturated carbocycles. The van der Waals surface area contributed by atoms with Crippen molar-refractivity contribution in [1.29, 1.82) is 0 Å². The number of nitrogens with zero attached hydrogens (tertiary/aromatic N) is 1. The predicted octanol–water partition coefficient (Wildman–Crippen LogP) is 3.32. The van der Waals surface area contributed by atoms with Gasteiger partial charge in [-0.25, -0.2) is 19.4 Å². The number of thiazole rings is 1. The van der Waals surface area contributed by atoms with E-state index in [-0.39, 0.29) is 24.5 Å². The van der Waals surface area contributed by atoms with E-state index in [1.54, 1.807) is 42.8 Å². The molecule has 0 radical (unpaired) electrons. The van der Waals surface area contributed by atoms with Crippen molar-refractivity contribution in [3.05, 3.63) is 76.4 Å². The van der Waals surface area contributed by atoms with Gasteiger partial charge in [-0.05, 0) is 30.7 Å². The molecule has 0 unspecified atom stereocenters. The summed E-state index contributed by atoms with van der Waals surface area (Å²) in [6.45, 7) is 1.57. The van der Waals surface area contributed by atoms with E-state index in [2.05, 4.69) is 15.6 Å². The van der Waals surface area contributed by atoms with Crippen molar-refractivity contribution in [1.82, 2.24) is 15.6 Å². The molecular formula is C22H19N3O5S. The largest absolute Gasteiger partial charge is 0.463 e. The zero-order valence-electron chi connectivity index (χ0n) is 16.6. The maximum Gasteiger partial charge on any atom is 0.338 e. The van der Waals surface area contributed by atoms with Crippen LogP contribution in [0, 0.1) is 0 Å². The molecule has 0 fully saturated rings. The first kappa shape index (κ1) is 20.5. The summed E-state index contributed by atoms with van der Waals surface area (Å²) in [6.07, 6.45) is 0. The number of fused-ring (bicyclic) bond motifs is 1. The first-order valence-electron chi connectivity index (χ1n) is 9.60. The molecule has 31 heavy (non-hydrogen) atoms. The number of hydrogen-bond donors (Lipinski definition) is 2. The Morgan fingerprint density at radius 3 is 2.68 bits per heavy atom. The van der Waals surface area contributed by atoms with E-state index >= 15 is 0 Å². The van der Waals surface area contributed by atoms with Crippen molar-refractivity contribution in [3.8, 4) is 0 Å². The lowest BCUT2D eigenvalue weighted by Crippen LogP contribution is -2.47. The summed E-state index contributed by atoms with van der Waals surface area (Å²) in [7, 11) is 0. The first-order valence-corrected chi connectivity index (χ1v) is 10.5. The van der Waals surface area contributed by atoms with Crippen LogP contribution in [0.1, 0.15) is 28.9 Å². The average Bonchev–Trinajstić information content (AvgIpc) is 3.25. The fraction of sp³-hybridized carbons (Fsp3) is 0.182. The highest BCUT2D eigenvalue weighted by Crippen LogP contribution is 2.28. The number of ether oxygens (including phenoxy) is 2. The van der Waals surface area contributed by atoms with Crippen LogP contribution in [0.15, 0.2) is 65.3 Å². The van der Waals surface area contributed by atoms with Gasteiger partial charge >= 0.3 is 18.0 Å². The Morgan fingerprint density at radius 2 is 1.90 bits per heavy atom. The second-order valence-electron chi connectivity index (χ2n) is 6.67. The van der Waals surface area contributed by atoms with Gasteiger partial charge in [0.05, 0.1) is 45.2 Å². The van der Waals surface area contributed by atoms with E-state index in [0.29, 0.717) is 11.1 Å². The number of benzene rings is 2. The third-order valence-corrected chi connectivity index (χ3v) is 5.49. The van der Waals surface area contributed by atoms with Gasteiger partial charge in [-0.1, -0.05) is 30.3 Å². The molecular weight excluding hydrogens is 418 g/mol. The molecule has 9 heteroatoms. The zero-order chi connectivity index (χ0) is 21.8. The summed E-state index contributed by atoms with van der Waals surface area (Å²) in [5.41, 5.74) is 3.94. The van der Waals surface area contributed by atoms with Crippen LogP contribution in [-0.4, -0.2) is 36.2 Å². The van der Waals surface area contributed by atoms with E-state index in [0.717, 1.165) is 10.2 Å². The summed E-state index contributed by atoms with van der Waals surface area (Å²) < 4.78 is 11.5. The standard InChI is InChI=1S/C22H19N3O5S/c1-2-29-21(27)18-16(24-22(28)25-19(18)13-6-4-3-5-7-13)11-30-20(26)14-8-9-15-17(10-14)31-12-23-15/h3-10,12,19H,2,11H2,1H3,(H2,24,25,28)/t19-/m0/s1. The number of esters is 2. The van der Waals surface area contributed by atoms with E-state index in [1.165, 1.54) is 11.3 Å². The van der Waals surface area contributed by atoms with Gasteiger partial charge in [-0.15, -0.1) is 11.3 Å². The Labute approximate surface area is 181 Å². The molecule has 2 amide bonds. The van der Waals surface area contributed by atoms with Gasteiger partial charge in [-0.3, -0.25) is 0 Å². The summed E-state index contributed by atoms with van der Waals surface area (Å²) in [5, 5.41) is 5.32. The number of urea groups is 1. The second kappa shape index (κ2) is 8.97. The van der Waals surface area contributed by atoms with Gasteiger partial charge in [0.25, 0.3) is 0 Å². The molecule has 1 aromatic heterocycles. The van der Waals surface area contributed by atoms with Crippen LogP contribution >= 0.6 is 11.3 Å². The second-order valence-corrected chi connectivity index (χ2v) is 7.55. The highest BCUT2D eigenvalue weighted by molar-refractivity contribution is 7.16. The molecule has 8 nitrogen and oxygen atoms in total. The van der Waals surface area contributed by atoms with E-state index in [4.69, 9.17) is 9.47 Å². The predicted molar refractivity (Wildman–Crippen MR) is 114 cm³/mol. The van der Waals surface area contributed by atoms with Gasteiger partial charge < -0.3 is 20.1 Å². The Morgan fingerprint density at radius 1 is 1.10 bits per heavy atom. The zero-order valence-corrected chi connectivity index (χ0v) is 17.4. The molecule has 4 rings (SSSR count). The molecule has 2 heterocycles. The van der Waals surface area contributed by atoms with E-state index in [1.807, 2.05) is 18.2 Å². The van der Waals surface area contributed by atoms with Crippen molar-refractivity contribution >= 4 is 39.5 Å². The molecule has 2 aromatic carbocycles. The van der Waals surface area contributed by atoms with Crippen LogP contribution in [0.5, 0.6) is 0 Å². The van der Waals surface area contributed by atoms with Crippen LogP contribution in [0.2, 0.25) is 0 Å². The molecule has 0 spiro atoms. The lowest BCUT2D eigenvalue weighted by atomic mass is 9.95. The maximum atomic E-state index is 12.7.